The molecular weight excluding hydrogens is 238 g/mol. The zero-order chi connectivity index (χ0) is 13.1. The van der Waals surface area contributed by atoms with Crippen molar-refractivity contribution in [3.05, 3.63) is 35.9 Å². The number of hydrogen-bond acceptors (Lipinski definition) is 4. The van der Waals surface area contributed by atoms with Crippen molar-refractivity contribution in [2.45, 2.75) is 19.3 Å². The Hall–Kier alpha value is -2.10. The topological polar surface area (TPSA) is 48.7 Å². The molecule has 0 atom stereocenters. The van der Waals surface area contributed by atoms with Crippen LogP contribution in [0, 0.1) is 0 Å². The molecule has 0 unspecified atom stereocenters. The Labute approximate surface area is 112 Å². The van der Waals surface area contributed by atoms with E-state index in [2.05, 4.69) is 10.1 Å². The molecule has 0 aliphatic carbocycles. The van der Waals surface area contributed by atoms with Crippen molar-refractivity contribution in [3.63, 3.8) is 0 Å². The van der Waals surface area contributed by atoms with Crippen LogP contribution < -0.4 is 4.90 Å². The number of fused-ring (bicyclic) bond motifs is 1. The lowest BCUT2D eigenvalue weighted by atomic mass is 10.1. The quantitative estimate of drug-likeness (QED) is 0.510. The highest BCUT2D eigenvalue weighted by molar-refractivity contribution is 5.93. The van der Waals surface area contributed by atoms with E-state index in [4.69, 9.17) is 10.2 Å². The fraction of sp³-hybridized carbons (Fsp3) is 0.333. The van der Waals surface area contributed by atoms with Gasteiger partial charge in [0.1, 0.15) is 5.82 Å². The molecule has 3 rings (SSSR count). The molecule has 1 aromatic heterocycles. The Morgan fingerprint density at radius 3 is 2.74 bits per heavy atom. The number of aromatic nitrogens is 1. The van der Waals surface area contributed by atoms with E-state index in [9.17, 15) is 0 Å². The van der Waals surface area contributed by atoms with Gasteiger partial charge in [0.15, 0.2) is 0 Å². The SMILES string of the molecule is O/N=C/c1cc2ccccc2nc1N1CCCCC1. The van der Waals surface area contributed by atoms with Gasteiger partial charge in [-0.2, -0.15) is 0 Å². The summed E-state index contributed by atoms with van der Waals surface area (Å²) >= 11 is 0. The number of nitrogens with zero attached hydrogens (tertiary/aromatic N) is 3. The van der Waals surface area contributed by atoms with Gasteiger partial charge in [0.05, 0.1) is 11.7 Å². The van der Waals surface area contributed by atoms with E-state index in [1.165, 1.54) is 25.5 Å². The summed E-state index contributed by atoms with van der Waals surface area (Å²) in [5.74, 6) is 0.927. The van der Waals surface area contributed by atoms with Crippen LogP contribution in [0.1, 0.15) is 24.8 Å². The molecule has 0 radical (unpaired) electrons. The van der Waals surface area contributed by atoms with E-state index in [0.717, 1.165) is 35.4 Å². The van der Waals surface area contributed by atoms with Gasteiger partial charge < -0.3 is 10.1 Å². The molecule has 1 fully saturated rings. The summed E-state index contributed by atoms with van der Waals surface area (Å²) in [5, 5.41) is 13.1. The van der Waals surface area contributed by atoms with Crippen LogP contribution in [-0.4, -0.2) is 29.5 Å². The predicted molar refractivity (Wildman–Crippen MR) is 77.2 cm³/mol. The third kappa shape index (κ3) is 2.38. The van der Waals surface area contributed by atoms with Crippen LogP contribution in [0.25, 0.3) is 10.9 Å². The lowest BCUT2D eigenvalue weighted by Crippen LogP contribution is -2.31. The molecule has 4 nitrogen and oxygen atoms in total. The molecular formula is C15H17N3O. The van der Waals surface area contributed by atoms with Gasteiger partial charge in [0, 0.05) is 24.0 Å². The number of oxime groups is 1. The summed E-state index contributed by atoms with van der Waals surface area (Å²) < 4.78 is 0. The standard InChI is InChI=1S/C15H17N3O/c19-16-11-13-10-12-6-2-3-7-14(12)17-15(13)18-8-4-1-5-9-18/h2-3,6-7,10-11,19H,1,4-5,8-9H2/b16-11+. The van der Waals surface area contributed by atoms with Crippen LogP contribution in [0.4, 0.5) is 5.82 Å². The molecule has 19 heavy (non-hydrogen) atoms. The largest absolute Gasteiger partial charge is 0.411 e. The summed E-state index contributed by atoms with van der Waals surface area (Å²) in [6, 6.07) is 10.1. The van der Waals surface area contributed by atoms with Gasteiger partial charge >= 0.3 is 0 Å². The molecule has 1 N–H and O–H groups in total. The van der Waals surface area contributed by atoms with Crippen LogP contribution in [-0.2, 0) is 0 Å². The molecule has 4 heteroatoms. The third-order valence-corrected chi connectivity index (χ3v) is 3.58. The van der Waals surface area contributed by atoms with Crippen LogP contribution in [0.3, 0.4) is 0 Å². The van der Waals surface area contributed by atoms with Crippen molar-refractivity contribution in [1.29, 1.82) is 0 Å². The maximum absolute atomic E-state index is 8.84. The highest BCUT2D eigenvalue weighted by Crippen LogP contribution is 2.25. The number of piperidine rings is 1. The van der Waals surface area contributed by atoms with Crippen molar-refractivity contribution in [1.82, 2.24) is 4.98 Å². The minimum absolute atomic E-state index is 0.878. The van der Waals surface area contributed by atoms with Crippen LogP contribution in [0.15, 0.2) is 35.5 Å². The molecule has 1 aromatic carbocycles. The fourth-order valence-corrected chi connectivity index (χ4v) is 2.64. The number of anilines is 1. The highest BCUT2D eigenvalue weighted by atomic mass is 16.4. The van der Waals surface area contributed by atoms with Gasteiger partial charge in [-0.15, -0.1) is 0 Å². The van der Waals surface area contributed by atoms with Gasteiger partial charge in [0.2, 0.25) is 0 Å². The second-order valence-electron chi connectivity index (χ2n) is 4.89. The van der Waals surface area contributed by atoms with Crippen molar-refractivity contribution in [3.8, 4) is 0 Å². The molecule has 0 spiro atoms. The first-order valence-corrected chi connectivity index (χ1v) is 6.70. The normalized spacial score (nSPS) is 16.3. The summed E-state index contributed by atoms with van der Waals surface area (Å²) in [6.45, 7) is 2.05. The van der Waals surface area contributed by atoms with E-state index in [0.29, 0.717) is 0 Å². The lowest BCUT2D eigenvalue weighted by molar-refractivity contribution is 0.322. The van der Waals surface area contributed by atoms with Gasteiger partial charge in [-0.05, 0) is 31.4 Å². The number of pyridine rings is 1. The summed E-state index contributed by atoms with van der Waals surface area (Å²) in [4.78, 5) is 7.03. The van der Waals surface area contributed by atoms with E-state index in [-0.39, 0.29) is 0 Å². The monoisotopic (exact) mass is 255 g/mol. The zero-order valence-corrected chi connectivity index (χ0v) is 10.8. The Morgan fingerprint density at radius 2 is 1.95 bits per heavy atom. The van der Waals surface area contributed by atoms with Gasteiger partial charge in [0.25, 0.3) is 0 Å². The van der Waals surface area contributed by atoms with E-state index >= 15 is 0 Å². The zero-order valence-electron chi connectivity index (χ0n) is 10.8. The minimum atomic E-state index is 0.878. The lowest BCUT2D eigenvalue weighted by Gasteiger charge is -2.29. The Morgan fingerprint density at radius 1 is 1.16 bits per heavy atom. The summed E-state index contributed by atoms with van der Waals surface area (Å²) in [5.41, 5.74) is 1.86. The molecule has 2 heterocycles. The highest BCUT2D eigenvalue weighted by Gasteiger charge is 2.16. The van der Waals surface area contributed by atoms with Crippen molar-refractivity contribution < 1.29 is 5.21 Å². The summed E-state index contributed by atoms with van der Waals surface area (Å²) in [7, 11) is 0. The first kappa shape index (κ1) is 12.0. The Balaban J connectivity index is 2.11. The molecule has 1 saturated heterocycles. The smallest absolute Gasteiger partial charge is 0.138 e. The van der Waals surface area contributed by atoms with Gasteiger partial charge in [-0.1, -0.05) is 23.4 Å². The Bertz CT molecular complexity index is 603. The van der Waals surface area contributed by atoms with Crippen molar-refractivity contribution in [2.75, 3.05) is 18.0 Å². The summed E-state index contributed by atoms with van der Waals surface area (Å²) in [6.07, 6.45) is 5.16. The molecule has 1 aliphatic heterocycles. The number of rotatable bonds is 2. The molecule has 2 aromatic rings. The maximum Gasteiger partial charge on any atom is 0.138 e. The van der Waals surface area contributed by atoms with Crippen LogP contribution >= 0.6 is 0 Å². The molecule has 0 amide bonds. The number of benzene rings is 1. The first-order chi connectivity index (χ1) is 9.38. The average molecular weight is 255 g/mol. The maximum atomic E-state index is 8.84. The van der Waals surface area contributed by atoms with Crippen molar-refractivity contribution >= 4 is 22.9 Å². The second kappa shape index (κ2) is 5.26. The van der Waals surface area contributed by atoms with E-state index in [1.54, 1.807) is 0 Å². The van der Waals surface area contributed by atoms with E-state index in [1.807, 2.05) is 30.3 Å². The third-order valence-electron chi connectivity index (χ3n) is 3.58. The van der Waals surface area contributed by atoms with Crippen LogP contribution in [0.2, 0.25) is 0 Å². The first-order valence-electron chi connectivity index (χ1n) is 6.70. The number of hydrogen-bond donors (Lipinski definition) is 1. The van der Waals surface area contributed by atoms with Crippen molar-refractivity contribution in [2.24, 2.45) is 5.16 Å². The van der Waals surface area contributed by atoms with Gasteiger partial charge in [-0.25, -0.2) is 4.98 Å². The van der Waals surface area contributed by atoms with Crippen LogP contribution in [0.5, 0.6) is 0 Å². The molecule has 0 saturated carbocycles. The molecule has 0 bridgehead atoms. The molecule has 1 aliphatic rings. The number of para-hydroxylation sites is 1. The Kier molecular flexibility index (Phi) is 3.31. The minimum Gasteiger partial charge on any atom is -0.411 e. The average Bonchev–Trinajstić information content (AvgIpc) is 2.48. The predicted octanol–water partition coefficient (Wildman–Crippen LogP) is 3.03. The second-order valence-corrected chi connectivity index (χ2v) is 4.89. The molecule has 98 valence electrons. The van der Waals surface area contributed by atoms with E-state index < -0.39 is 0 Å². The fourth-order valence-electron chi connectivity index (χ4n) is 2.64. The van der Waals surface area contributed by atoms with Gasteiger partial charge in [-0.3, -0.25) is 0 Å².